The Labute approximate surface area is 68.1 Å². The molecule has 1 heterocycles. The number of aromatic nitrogens is 1. The normalized spacial score (nSPS) is 9.42. The second-order valence-electron chi connectivity index (χ2n) is 2.02. The molecule has 0 unspecified atom stereocenters. The van der Waals surface area contributed by atoms with Crippen molar-refractivity contribution in [1.82, 2.24) is 4.98 Å². The van der Waals surface area contributed by atoms with Crippen LogP contribution in [0.5, 0.6) is 5.88 Å². The monoisotopic (exact) mass is 169 g/mol. The van der Waals surface area contributed by atoms with Gasteiger partial charge >= 0.3 is 5.69 Å². The summed E-state index contributed by atoms with van der Waals surface area (Å²) in [4.78, 5) is 13.4. The van der Waals surface area contributed by atoms with E-state index in [2.05, 4.69) is 9.72 Å². The van der Waals surface area contributed by atoms with E-state index < -0.39 is 4.92 Å². The molecule has 0 radical (unpaired) electrons. The highest BCUT2D eigenvalue weighted by molar-refractivity contribution is 5.46. The summed E-state index contributed by atoms with van der Waals surface area (Å²) in [7, 11) is 1.30. The fourth-order valence-corrected chi connectivity index (χ4v) is 0.737. The summed E-state index contributed by atoms with van der Waals surface area (Å²) in [5.41, 5.74) is 5.10. The SMILES string of the molecule is COc1nc(N)ccc1[N+](=O)[O-]. The van der Waals surface area contributed by atoms with E-state index in [1.54, 1.807) is 0 Å². The largest absolute Gasteiger partial charge is 0.476 e. The Morgan fingerprint density at radius 2 is 2.33 bits per heavy atom. The van der Waals surface area contributed by atoms with Gasteiger partial charge in [-0.25, -0.2) is 0 Å². The molecule has 0 saturated carbocycles. The van der Waals surface area contributed by atoms with Crippen LogP contribution in [-0.4, -0.2) is 17.0 Å². The average molecular weight is 169 g/mol. The Kier molecular flexibility index (Phi) is 2.09. The Bertz CT molecular complexity index is 313. The van der Waals surface area contributed by atoms with Crippen molar-refractivity contribution in [3.05, 3.63) is 22.2 Å². The van der Waals surface area contributed by atoms with Gasteiger partial charge in [0.05, 0.1) is 12.0 Å². The Morgan fingerprint density at radius 1 is 1.67 bits per heavy atom. The van der Waals surface area contributed by atoms with Crippen LogP contribution in [0, 0.1) is 10.1 Å². The zero-order valence-electron chi connectivity index (χ0n) is 6.35. The molecule has 0 amide bonds. The maximum atomic E-state index is 10.3. The average Bonchev–Trinajstić information content (AvgIpc) is 2.03. The molecule has 0 aliphatic rings. The van der Waals surface area contributed by atoms with Crippen LogP contribution < -0.4 is 10.5 Å². The van der Waals surface area contributed by atoms with Gasteiger partial charge in [-0.05, 0) is 6.07 Å². The number of ether oxygens (including phenoxy) is 1. The van der Waals surface area contributed by atoms with Gasteiger partial charge in [0, 0.05) is 6.07 Å². The van der Waals surface area contributed by atoms with Crippen molar-refractivity contribution in [1.29, 1.82) is 0 Å². The number of methoxy groups -OCH3 is 1. The van der Waals surface area contributed by atoms with Gasteiger partial charge in [0.15, 0.2) is 0 Å². The van der Waals surface area contributed by atoms with Gasteiger partial charge in [-0.3, -0.25) is 10.1 Å². The maximum absolute atomic E-state index is 10.3. The molecule has 1 aromatic heterocycles. The molecule has 6 heteroatoms. The van der Waals surface area contributed by atoms with Crippen molar-refractivity contribution in [3.8, 4) is 5.88 Å². The first kappa shape index (κ1) is 8.25. The Balaban J connectivity index is 3.20. The van der Waals surface area contributed by atoms with Crippen LogP contribution >= 0.6 is 0 Å². The highest BCUT2D eigenvalue weighted by Crippen LogP contribution is 2.24. The molecule has 0 aliphatic heterocycles. The molecule has 6 nitrogen and oxygen atoms in total. The number of nitrogen functional groups attached to an aromatic ring is 1. The van der Waals surface area contributed by atoms with Crippen LogP contribution in [0.4, 0.5) is 11.5 Å². The van der Waals surface area contributed by atoms with E-state index >= 15 is 0 Å². The van der Waals surface area contributed by atoms with Crippen molar-refractivity contribution in [2.45, 2.75) is 0 Å². The van der Waals surface area contributed by atoms with Gasteiger partial charge in [-0.2, -0.15) is 4.98 Å². The number of nitrogens with zero attached hydrogens (tertiary/aromatic N) is 2. The lowest BCUT2D eigenvalue weighted by atomic mass is 10.4. The summed E-state index contributed by atoms with van der Waals surface area (Å²) in [5.74, 6) is 0.123. The Morgan fingerprint density at radius 3 is 2.83 bits per heavy atom. The number of anilines is 1. The van der Waals surface area contributed by atoms with Crippen LogP contribution in [0.3, 0.4) is 0 Å². The van der Waals surface area contributed by atoms with Crippen molar-refractivity contribution < 1.29 is 9.66 Å². The molecule has 0 atom stereocenters. The molecule has 1 aromatic rings. The predicted molar refractivity (Wildman–Crippen MR) is 41.9 cm³/mol. The van der Waals surface area contributed by atoms with Crippen LogP contribution in [0.15, 0.2) is 12.1 Å². The first-order valence-electron chi connectivity index (χ1n) is 3.10. The first-order chi connectivity index (χ1) is 5.65. The van der Waals surface area contributed by atoms with E-state index in [1.165, 1.54) is 19.2 Å². The predicted octanol–water partition coefficient (Wildman–Crippen LogP) is 0.581. The standard InChI is InChI=1S/C6H7N3O3/c1-12-6-4(9(10)11)2-3-5(7)8-6/h2-3H,1H3,(H2,7,8). The second-order valence-corrected chi connectivity index (χ2v) is 2.02. The highest BCUT2D eigenvalue weighted by atomic mass is 16.6. The Hall–Kier alpha value is -1.85. The molecule has 0 bridgehead atoms. The van der Waals surface area contributed by atoms with Gasteiger partial charge in [0.2, 0.25) is 0 Å². The number of hydrogen-bond donors (Lipinski definition) is 1. The van der Waals surface area contributed by atoms with Gasteiger partial charge in [-0.15, -0.1) is 0 Å². The topological polar surface area (TPSA) is 91.3 Å². The molecule has 0 saturated heterocycles. The fourth-order valence-electron chi connectivity index (χ4n) is 0.737. The minimum Gasteiger partial charge on any atom is -0.476 e. The lowest BCUT2D eigenvalue weighted by molar-refractivity contribution is -0.386. The number of hydrogen-bond acceptors (Lipinski definition) is 5. The molecule has 12 heavy (non-hydrogen) atoms. The third-order valence-corrected chi connectivity index (χ3v) is 1.25. The zero-order valence-corrected chi connectivity index (χ0v) is 6.35. The van der Waals surface area contributed by atoms with Crippen LogP contribution in [-0.2, 0) is 0 Å². The van der Waals surface area contributed by atoms with E-state index in [0.717, 1.165) is 0 Å². The van der Waals surface area contributed by atoms with E-state index in [0.29, 0.717) is 0 Å². The molecular weight excluding hydrogens is 162 g/mol. The minimum absolute atomic E-state index is 0.0694. The van der Waals surface area contributed by atoms with Crippen LogP contribution in [0.25, 0.3) is 0 Å². The summed E-state index contributed by atoms with van der Waals surface area (Å²) in [6.07, 6.45) is 0. The molecule has 0 aliphatic carbocycles. The fraction of sp³-hybridized carbons (Fsp3) is 0.167. The highest BCUT2D eigenvalue weighted by Gasteiger charge is 2.15. The molecular formula is C6H7N3O3. The van der Waals surface area contributed by atoms with E-state index in [9.17, 15) is 10.1 Å². The summed E-state index contributed by atoms with van der Waals surface area (Å²) in [5, 5.41) is 10.3. The third-order valence-electron chi connectivity index (χ3n) is 1.25. The summed E-state index contributed by atoms with van der Waals surface area (Å²) < 4.78 is 4.65. The van der Waals surface area contributed by atoms with Crippen LogP contribution in [0.1, 0.15) is 0 Å². The van der Waals surface area contributed by atoms with Crippen LogP contribution in [0.2, 0.25) is 0 Å². The molecule has 0 aromatic carbocycles. The van der Waals surface area contributed by atoms with Gasteiger partial charge in [0.25, 0.3) is 5.88 Å². The van der Waals surface area contributed by atoms with E-state index in [1.807, 2.05) is 0 Å². The van der Waals surface area contributed by atoms with Gasteiger partial charge in [0.1, 0.15) is 5.82 Å². The lowest BCUT2D eigenvalue weighted by Crippen LogP contribution is -1.98. The minimum atomic E-state index is -0.578. The third kappa shape index (κ3) is 1.42. The second kappa shape index (κ2) is 3.04. The van der Waals surface area contributed by atoms with E-state index in [-0.39, 0.29) is 17.4 Å². The first-order valence-corrected chi connectivity index (χ1v) is 3.10. The summed E-state index contributed by atoms with van der Waals surface area (Å²) in [6, 6.07) is 2.60. The molecule has 0 spiro atoms. The molecule has 1 rings (SSSR count). The smallest absolute Gasteiger partial charge is 0.331 e. The maximum Gasteiger partial charge on any atom is 0.331 e. The van der Waals surface area contributed by atoms with Gasteiger partial charge in [-0.1, -0.05) is 0 Å². The number of nitrogens with two attached hydrogens (primary N) is 1. The molecule has 64 valence electrons. The molecule has 0 fully saturated rings. The van der Waals surface area contributed by atoms with Crippen molar-refractivity contribution in [2.75, 3.05) is 12.8 Å². The van der Waals surface area contributed by atoms with E-state index in [4.69, 9.17) is 5.73 Å². The van der Waals surface area contributed by atoms with Crippen molar-refractivity contribution in [2.24, 2.45) is 0 Å². The lowest BCUT2D eigenvalue weighted by Gasteiger charge is -1.99. The van der Waals surface area contributed by atoms with Crippen molar-refractivity contribution >= 4 is 11.5 Å². The zero-order chi connectivity index (χ0) is 9.14. The number of pyridine rings is 1. The number of rotatable bonds is 2. The van der Waals surface area contributed by atoms with Crippen molar-refractivity contribution in [3.63, 3.8) is 0 Å². The summed E-state index contributed by atoms with van der Waals surface area (Å²) in [6.45, 7) is 0. The quantitative estimate of drug-likeness (QED) is 0.516. The molecule has 2 N–H and O–H groups in total. The van der Waals surface area contributed by atoms with Gasteiger partial charge < -0.3 is 10.5 Å². The number of nitro groups is 1. The summed E-state index contributed by atoms with van der Waals surface area (Å²) >= 11 is 0.